The van der Waals surface area contributed by atoms with Crippen LogP contribution in [-0.2, 0) is 0 Å². The second-order valence-electron chi connectivity index (χ2n) is 6.82. The van der Waals surface area contributed by atoms with Crippen LogP contribution in [0.2, 0.25) is 0 Å². The molecule has 3 aromatic heterocycles. The number of benzene rings is 2. The zero-order valence-corrected chi connectivity index (χ0v) is 17.2. The molecule has 0 atom stereocenters. The highest BCUT2D eigenvalue weighted by Crippen LogP contribution is 2.37. The van der Waals surface area contributed by atoms with Crippen LogP contribution in [0, 0.1) is 0 Å². The van der Waals surface area contributed by atoms with Gasteiger partial charge in [-0.15, -0.1) is 12.4 Å². The molecule has 1 N–H and O–H groups in total. The minimum atomic E-state index is 0. The third-order valence-electron chi connectivity index (χ3n) is 5.12. The molecular formula is C25H20ClN3O. The number of hydrogen-bond acceptors (Lipinski definition) is 3. The predicted octanol–water partition coefficient (Wildman–Crippen LogP) is 6.39. The first-order valence-corrected chi connectivity index (χ1v) is 9.45. The van der Waals surface area contributed by atoms with Gasteiger partial charge >= 0.3 is 0 Å². The number of halogens is 1. The van der Waals surface area contributed by atoms with Gasteiger partial charge in [-0.2, -0.15) is 0 Å². The molecule has 0 aliphatic carbocycles. The number of fused-ring (bicyclic) bond motifs is 1. The summed E-state index contributed by atoms with van der Waals surface area (Å²) in [5, 5.41) is 2.28. The van der Waals surface area contributed by atoms with Crippen molar-refractivity contribution in [2.75, 3.05) is 7.11 Å². The van der Waals surface area contributed by atoms with Crippen LogP contribution >= 0.6 is 12.4 Å². The van der Waals surface area contributed by atoms with Crippen LogP contribution < -0.4 is 4.74 Å². The van der Waals surface area contributed by atoms with Crippen LogP contribution in [-0.4, -0.2) is 22.1 Å². The number of nitrogens with one attached hydrogen (secondary N) is 1. The Balaban J connectivity index is 0.00000218. The Kier molecular flexibility index (Phi) is 5.50. The SMILES string of the molecule is COc1ccc(-c2cc(-c3ccncc3)c(-c3nccc4ccccc34)[nH]2)cc1.Cl. The third-order valence-corrected chi connectivity index (χ3v) is 5.12. The fraction of sp³-hybridized carbons (Fsp3) is 0.0400. The van der Waals surface area contributed by atoms with E-state index in [2.05, 4.69) is 40.3 Å². The van der Waals surface area contributed by atoms with Crippen LogP contribution in [0.4, 0.5) is 0 Å². The molecular weight excluding hydrogens is 394 g/mol. The van der Waals surface area contributed by atoms with Crippen molar-refractivity contribution >= 4 is 23.2 Å². The number of rotatable bonds is 4. The molecule has 0 saturated carbocycles. The lowest BCUT2D eigenvalue weighted by Crippen LogP contribution is -1.89. The molecule has 0 unspecified atom stereocenters. The first-order valence-electron chi connectivity index (χ1n) is 9.45. The van der Waals surface area contributed by atoms with E-state index in [0.29, 0.717) is 0 Å². The molecule has 5 rings (SSSR count). The number of H-pyrrole nitrogens is 1. The van der Waals surface area contributed by atoms with E-state index >= 15 is 0 Å². The quantitative estimate of drug-likeness (QED) is 0.371. The average molecular weight is 414 g/mol. The molecule has 0 bridgehead atoms. The van der Waals surface area contributed by atoms with Gasteiger partial charge in [0.15, 0.2) is 0 Å². The van der Waals surface area contributed by atoms with E-state index in [4.69, 9.17) is 9.72 Å². The number of pyridine rings is 2. The van der Waals surface area contributed by atoms with E-state index in [0.717, 1.165) is 44.9 Å². The number of aromatic amines is 1. The normalized spacial score (nSPS) is 10.6. The summed E-state index contributed by atoms with van der Waals surface area (Å²) in [7, 11) is 1.68. The minimum Gasteiger partial charge on any atom is -0.497 e. The number of aromatic nitrogens is 3. The van der Waals surface area contributed by atoms with Crippen LogP contribution in [0.1, 0.15) is 0 Å². The van der Waals surface area contributed by atoms with Gasteiger partial charge in [0.25, 0.3) is 0 Å². The highest BCUT2D eigenvalue weighted by Gasteiger charge is 2.16. The summed E-state index contributed by atoms with van der Waals surface area (Å²) in [6.45, 7) is 0. The predicted molar refractivity (Wildman–Crippen MR) is 124 cm³/mol. The van der Waals surface area contributed by atoms with Crippen molar-refractivity contribution in [3.63, 3.8) is 0 Å². The monoisotopic (exact) mass is 413 g/mol. The molecule has 5 heteroatoms. The maximum absolute atomic E-state index is 5.29. The second kappa shape index (κ2) is 8.39. The molecule has 0 amide bonds. The number of nitrogens with zero attached hydrogens (tertiary/aromatic N) is 2. The molecule has 2 aromatic carbocycles. The van der Waals surface area contributed by atoms with Gasteiger partial charge < -0.3 is 9.72 Å². The Bertz CT molecular complexity index is 1280. The molecule has 0 spiro atoms. The Labute approximate surface area is 181 Å². The summed E-state index contributed by atoms with van der Waals surface area (Å²) in [6, 6.07) is 24.6. The molecule has 5 aromatic rings. The van der Waals surface area contributed by atoms with Crippen molar-refractivity contribution in [3.05, 3.63) is 91.4 Å². The van der Waals surface area contributed by atoms with Gasteiger partial charge in [-0.05, 0) is 65.0 Å². The lowest BCUT2D eigenvalue weighted by atomic mass is 10.0. The van der Waals surface area contributed by atoms with Crippen molar-refractivity contribution < 1.29 is 4.74 Å². The molecule has 0 fully saturated rings. The van der Waals surface area contributed by atoms with Gasteiger partial charge in [0, 0.05) is 35.2 Å². The summed E-state index contributed by atoms with van der Waals surface area (Å²) in [4.78, 5) is 12.5. The molecule has 3 heterocycles. The highest BCUT2D eigenvalue weighted by atomic mass is 35.5. The lowest BCUT2D eigenvalue weighted by Gasteiger charge is -2.07. The maximum Gasteiger partial charge on any atom is 0.118 e. The number of methoxy groups -OCH3 is 1. The first kappa shape index (κ1) is 19.7. The van der Waals surface area contributed by atoms with Gasteiger partial charge in [0.05, 0.1) is 18.5 Å². The fourth-order valence-corrected chi connectivity index (χ4v) is 3.65. The van der Waals surface area contributed by atoms with Crippen molar-refractivity contribution in [2.24, 2.45) is 0 Å². The third kappa shape index (κ3) is 3.53. The van der Waals surface area contributed by atoms with Crippen molar-refractivity contribution in [1.29, 1.82) is 0 Å². The van der Waals surface area contributed by atoms with Crippen LogP contribution in [0.3, 0.4) is 0 Å². The molecule has 0 aliphatic rings. The van der Waals surface area contributed by atoms with Crippen molar-refractivity contribution in [1.82, 2.24) is 15.0 Å². The van der Waals surface area contributed by atoms with Crippen LogP contribution in [0.15, 0.2) is 91.4 Å². The lowest BCUT2D eigenvalue weighted by molar-refractivity contribution is 0.415. The van der Waals surface area contributed by atoms with E-state index < -0.39 is 0 Å². The largest absolute Gasteiger partial charge is 0.497 e. The minimum absolute atomic E-state index is 0. The summed E-state index contributed by atoms with van der Waals surface area (Å²) >= 11 is 0. The maximum atomic E-state index is 5.29. The molecule has 30 heavy (non-hydrogen) atoms. The molecule has 0 radical (unpaired) electrons. The van der Waals surface area contributed by atoms with Gasteiger partial charge in [0.2, 0.25) is 0 Å². The fourth-order valence-electron chi connectivity index (χ4n) is 3.65. The van der Waals surface area contributed by atoms with Crippen molar-refractivity contribution in [3.8, 4) is 39.5 Å². The Hall–Kier alpha value is -3.63. The molecule has 4 nitrogen and oxygen atoms in total. The summed E-state index contributed by atoms with van der Waals surface area (Å²) in [5.74, 6) is 0.839. The summed E-state index contributed by atoms with van der Waals surface area (Å²) in [6.07, 6.45) is 5.49. The first-order chi connectivity index (χ1) is 14.3. The van der Waals surface area contributed by atoms with E-state index in [1.54, 1.807) is 7.11 Å². The molecule has 0 saturated heterocycles. The van der Waals surface area contributed by atoms with E-state index in [1.807, 2.05) is 61.1 Å². The Morgan fingerprint density at radius 1 is 0.800 bits per heavy atom. The molecule has 0 aliphatic heterocycles. The van der Waals surface area contributed by atoms with Gasteiger partial charge in [-0.3, -0.25) is 9.97 Å². The van der Waals surface area contributed by atoms with Crippen LogP contribution in [0.5, 0.6) is 5.75 Å². The Morgan fingerprint density at radius 2 is 1.57 bits per heavy atom. The van der Waals surface area contributed by atoms with E-state index in [9.17, 15) is 0 Å². The molecule has 148 valence electrons. The Morgan fingerprint density at radius 3 is 2.33 bits per heavy atom. The smallest absolute Gasteiger partial charge is 0.118 e. The van der Waals surface area contributed by atoms with Crippen molar-refractivity contribution in [2.45, 2.75) is 0 Å². The topological polar surface area (TPSA) is 50.8 Å². The van der Waals surface area contributed by atoms with Gasteiger partial charge in [0.1, 0.15) is 5.75 Å². The number of ether oxygens (including phenoxy) is 1. The van der Waals surface area contributed by atoms with E-state index in [1.165, 1.54) is 5.39 Å². The van der Waals surface area contributed by atoms with Gasteiger partial charge in [-0.25, -0.2) is 0 Å². The zero-order chi connectivity index (χ0) is 19.6. The average Bonchev–Trinajstić information content (AvgIpc) is 3.24. The standard InChI is InChI=1S/C25H19N3O.ClH/c1-29-20-8-6-19(7-9-20)23-16-22(18-10-13-26-14-11-18)25(28-23)24-21-5-3-2-4-17(21)12-15-27-24;/h2-16,28H,1H3;1H. The second-order valence-corrected chi connectivity index (χ2v) is 6.82. The van der Waals surface area contributed by atoms with Crippen LogP contribution in [0.25, 0.3) is 44.5 Å². The zero-order valence-electron chi connectivity index (χ0n) is 16.4. The summed E-state index contributed by atoms with van der Waals surface area (Å²) in [5.41, 5.74) is 6.26. The van der Waals surface area contributed by atoms with E-state index in [-0.39, 0.29) is 12.4 Å². The van der Waals surface area contributed by atoms with Gasteiger partial charge in [-0.1, -0.05) is 24.3 Å². The number of hydrogen-bond donors (Lipinski definition) is 1. The highest BCUT2D eigenvalue weighted by molar-refractivity contribution is 5.98. The summed E-state index contributed by atoms with van der Waals surface area (Å²) < 4.78 is 5.29.